The van der Waals surface area contributed by atoms with Crippen LogP contribution in [0.5, 0.6) is 0 Å². The number of ether oxygens (including phenoxy) is 1. The second-order valence-corrected chi connectivity index (χ2v) is 8.14. The summed E-state index contributed by atoms with van der Waals surface area (Å²) in [6, 6.07) is 6.19. The molecule has 0 spiro atoms. The molecule has 5 heteroatoms. The molecule has 0 aliphatic heterocycles. The van der Waals surface area contributed by atoms with Gasteiger partial charge in [0.15, 0.2) is 0 Å². The number of rotatable bonds is 6. The second kappa shape index (κ2) is 8.57. The zero-order chi connectivity index (χ0) is 17.6. The highest BCUT2D eigenvalue weighted by Gasteiger charge is 2.19. The third kappa shape index (κ3) is 7.73. The van der Waals surface area contributed by atoms with Gasteiger partial charge in [-0.1, -0.05) is 35.8 Å². The van der Waals surface area contributed by atoms with Gasteiger partial charge < -0.3 is 15.4 Å². The number of carbonyl (C=O) groups excluding carboxylic acids is 1. The summed E-state index contributed by atoms with van der Waals surface area (Å²) in [6.45, 7) is 13.4. The van der Waals surface area contributed by atoms with E-state index in [9.17, 15) is 4.79 Å². The van der Waals surface area contributed by atoms with Crippen LogP contribution in [0.4, 0.5) is 10.5 Å². The average Bonchev–Trinajstić information content (AvgIpc) is 2.40. The Morgan fingerprint density at radius 2 is 1.91 bits per heavy atom. The Bertz CT molecular complexity index is 524. The van der Waals surface area contributed by atoms with Crippen molar-refractivity contribution in [1.82, 2.24) is 5.32 Å². The van der Waals surface area contributed by atoms with Crippen molar-refractivity contribution in [3.8, 4) is 0 Å². The lowest BCUT2D eigenvalue weighted by Gasteiger charge is -2.25. The molecule has 0 bridgehead atoms. The molecule has 0 aromatic heterocycles. The van der Waals surface area contributed by atoms with Crippen LogP contribution in [0.25, 0.3) is 0 Å². The SMILES string of the molecule is Cc1ccc(Br)cc1NCC(CNC(=O)OC(C)(C)C)C(C)C. The molecule has 0 fully saturated rings. The average molecular weight is 385 g/mol. The molecule has 2 N–H and O–H groups in total. The van der Waals surface area contributed by atoms with Crippen molar-refractivity contribution in [2.24, 2.45) is 11.8 Å². The van der Waals surface area contributed by atoms with Crippen molar-refractivity contribution in [1.29, 1.82) is 0 Å². The first-order valence-electron chi connectivity index (χ1n) is 8.05. The predicted molar refractivity (Wildman–Crippen MR) is 99.9 cm³/mol. The molecule has 1 amide bonds. The number of alkyl carbamates (subject to hydrolysis) is 1. The van der Waals surface area contributed by atoms with Crippen LogP contribution in [-0.4, -0.2) is 24.8 Å². The number of amides is 1. The number of anilines is 1. The van der Waals surface area contributed by atoms with Crippen molar-refractivity contribution in [2.45, 2.75) is 47.1 Å². The lowest BCUT2D eigenvalue weighted by Crippen LogP contribution is -2.38. The highest BCUT2D eigenvalue weighted by molar-refractivity contribution is 9.10. The fourth-order valence-electron chi connectivity index (χ4n) is 2.10. The van der Waals surface area contributed by atoms with Crippen molar-refractivity contribution >= 4 is 27.7 Å². The number of benzene rings is 1. The summed E-state index contributed by atoms with van der Waals surface area (Å²) >= 11 is 3.50. The molecule has 1 atom stereocenters. The maximum Gasteiger partial charge on any atom is 0.407 e. The van der Waals surface area contributed by atoms with Gasteiger partial charge in [0, 0.05) is 23.2 Å². The summed E-state index contributed by atoms with van der Waals surface area (Å²) in [5.41, 5.74) is 1.85. The summed E-state index contributed by atoms with van der Waals surface area (Å²) in [7, 11) is 0. The highest BCUT2D eigenvalue weighted by Crippen LogP contribution is 2.21. The predicted octanol–water partition coefficient (Wildman–Crippen LogP) is 4.97. The minimum atomic E-state index is -0.469. The Kier molecular flexibility index (Phi) is 7.39. The van der Waals surface area contributed by atoms with Crippen LogP contribution >= 0.6 is 15.9 Å². The fraction of sp³-hybridized carbons (Fsp3) is 0.611. The van der Waals surface area contributed by atoms with Crippen LogP contribution in [0.1, 0.15) is 40.2 Å². The van der Waals surface area contributed by atoms with Crippen LogP contribution in [0.3, 0.4) is 0 Å². The topological polar surface area (TPSA) is 50.4 Å². The zero-order valence-electron chi connectivity index (χ0n) is 15.0. The maximum atomic E-state index is 11.8. The smallest absolute Gasteiger partial charge is 0.407 e. The van der Waals surface area contributed by atoms with Gasteiger partial charge in [0.05, 0.1) is 0 Å². The van der Waals surface area contributed by atoms with Crippen LogP contribution in [0.15, 0.2) is 22.7 Å². The molecule has 0 radical (unpaired) electrons. The summed E-state index contributed by atoms with van der Waals surface area (Å²) in [4.78, 5) is 11.8. The van der Waals surface area contributed by atoms with Gasteiger partial charge >= 0.3 is 6.09 Å². The number of aryl methyl sites for hydroxylation is 1. The summed E-state index contributed by atoms with van der Waals surface area (Å²) in [6.07, 6.45) is -0.359. The molecule has 1 aromatic rings. The summed E-state index contributed by atoms with van der Waals surface area (Å²) in [5, 5.41) is 6.36. The molecule has 0 saturated carbocycles. The Hall–Kier alpha value is -1.23. The van der Waals surface area contributed by atoms with Gasteiger partial charge in [-0.25, -0.2) is 4.79 Å². The normalized spacial score (nSPS) is 12.9. The molecule has 0 heterocycles. The molecule has 4 nitrogen and oxygen atoms in total. The minimum Gasteiger partial charge on any atom is -0.444 e. The zero-order valence-corrected chi connectivity index (χ0v) is 16.6. The van der Waals surface area contributed by atoms with Crippen LogP contribution in [-0.2, 0) is 4.74 Å². The van der Waals surface area contributed by atoms with E-state index >= 15 is 0 Å². The summed E-state index contributed by atoms with van der Waals surface area (Å²) in [5.74, 6) is 0.769. The first-order chi connectivity index (χ1) is 10.6. The largest absolute Gasteiger partial charge is 0.444 e. The van der Waals surface area contributed by atoms with E-state index in [0.29, 0.717) is 18.4 Å². The van der Waals surface area contributed by atoms with Crippen LogP contribution in [0.2, 0.25) is 0 Å². The van der Waals surface area contributed by atoms with E-state index in [1.807, 2.05) is 26.8 Å². The molecule has 0 saturated heterocycles. The van der Waals surface area contributed by atoms with E-state index in [0.717, 1.165) is 16.7 Å². The van der Waals surface area contributed by atoms with Crippen LogP contribution in [0, 0.1) is 18.8 Å². The standard InChI is InChI=1S/C18H29BrN2O2/c1-12(2)14(11-21-17(22)23-18(4,5)6)10-20-16-9-15(19)8-7-13(16)3/h7-9,12,14,20H,10-11H2,1-6H3,(H,21,22). The van der Waals surface area contributed by atoms with Crippen molar-refractivity contribution < 1.29 is 9.53 Å². The lowest BCUT2D eigenvalue weighted by atomic mass is 9.95. The number of nitrogens with one attached hydrogen (secondary N) is 2. The molecule has 0 aliphatic rings. The van der Waals surface area contributed by atoms with Crippen LogP contribution < -0.4 is 10.6 Å². The third-order valence-corrected chi connectivity index (χ3v) is 4.10. The number of hydrogen-bond acceptors (Lipinski definition) is 3. The number of carbonyl (C=O) groups is 1. The van der Waals surface area contributed by atoms with E-state index < -0.39 is 5.60 Å². The molecule has 1 rings (SSSR count). The Morgan fingerprint density at radius 1 is 1.26 bits per heavy atom. The molecular formula is C18H29BrN2O2. The molecular weight excluding hydrogens is 356 g/mol. The highest BCUT2D eigenvalue weighted by atomic mass is 79.9. The van der Waals surface area contributed by atoms with E-state index in [-0.39, 0.29) is 6.09 Å². The van der Waals surface area contributed by atoms with E-state index in [2.05, 4.69) is 59.5 Å². The first kappa shape index (κ1) is 19.8. The monoisotopic (exact) mass is 384 g/mol. The van der Waals surface area contributed by atoms with E-state index in [1.54, 1.807) is 0 Å². The molecule has 1 unspecified atom stereocenters. The molecule has 1 aromatic carbocycles. The van der Waals surface area contributed by atoms with Crippen molar-refractivity contribution in [3.63, 3.8) is 0 Å². The minimum absolute atomic E-state index is 0.320. The Morgan fingerprint density at radius 3 is 2.48 bits per heavy atom. The molecule has 0 aliphatic carbocycles. The molecule has 130 valence electrons. The van der Waals surface area contributed by atoms with Gasteiger partial charge in [0.1, 0.15) is 5.60 Å². The van der Waals surface area contributed by atoms with Gasteiger partial charge in [-0.15, -0.1) is 0 Å². The maximum absolute atomic E-state index is 11.8. The number of hydrogen-bond donors (Lipinski definition) is 2. The quantitative estimate of drug-likeness (QED) is 0.727. The van der Waals surface area contributed by atoms with Gasteiger partial charge in [-0.2, -0.15) is 0 Å². The van der Waals surface area contributed by atoms with Gasteiger partial charge in [-0.3, -0.25) is 0 Å². The third-order valence-electron chi connectivity index (χ3n) is 3.60. The Labute approximate surface area is 148 Å². The van der Waals surface area contributed by atoms with Crippen molar-refractivity contribution in [3.05, 3.63) is 28.2 Å². The first-order valence-corrected chi connectivity index (χ1v) is 8.84. The van der Waals surface area contributed by atoms with Gasteiger partial charge in [-0.05, 0) is 57.2 Å². The molecule has 23 heavy (non-hydrogen) atoms. The summed E-state index contributed by atoms with van der Waals surface area (Å²) < 4.78 is 6.34. The fourth-order valence-corrected chi connectivity index (χ4v) is 2.46. The van der Waals surface area contributed by atoms with Gasteiger partial charge in [0.25, 0.3) is 0 Å². The lowest BCUT2D eigenvalue weighted by molar-refractivity contribution is 0.0516. The van der Waals surface area contributed by atoms with Crippen molar-refractivity contribution in [2.75, 3.05) is 18.4 Å². The Balaban J connectivity index is 2.56. The van der Waals surface area contributed by atoms with E-state index in [1.165, 1.54) is 5.56 Å². The number of halogens is 1. The second-order valence-electron chi connectivity index (χ2n) is 7.23. The van der Waals surface area contributed by atoms with E-state index in [4.69, 9.17) is 4.74 Å². The van der Waals surface area contributed by atoms with Gasteiger partial charge in [0.2, 0.25) is 0 Å².